The number of nitrogens with two attached hydrogens (primary N) is 1. The van der Waals surface area contributed by atoms with Gasteiger partial charge in [-0.2, -0.15) is 0 Å². The fraction of sp³-hybridized carbons (Fsp3) is 0.750. The lowest BCUT2D eigenvalue weighted by atomic mass is 10.2. The molecule has 0 saturated carbocycles. The topological polar surface area (TPSA) is 113 Å². The third-order valence-electron chi connectivity index (χ3n) is 2.59. The molecule has 1 atom stereocenters. The second kappa shape index (κ2) is 9.18. The lowest BCUT2D eigenvalue weighted by molar-refractivity contribution is -0.139. The van der Waals surface area contributed by atoms with Crippen LogP contribution in [0.1, 0.15) is 39.5 Å². The normalized spacial score (nSPS) is 11.7. The number of urea groups is 1. The second-order valence-corrected chi connectivity index (χ2v) is 4.37. The maximum absolute atomic E-state index is 11.9. The Morgan fingerprint density at radius 1 is 1.26 bits per heavy atom. The number of unbranched alkanes of at least 4 members (excludes halogenated alkanes) is 1. The highest BCUT2D eigenvalue weighted by atomic mass is 16.4. The molecule has 7 nitrogen and oxygen atoms in total. The summed E-state index contributed by atoms with van der Waals surface area (Å²) < 4.78 is 0. The van der Waals surface area contributed by atoms with Crippen molar-refractivity contribution >= 4 is 17.9 Å². The standard InChI is InChI=1S/C12H23N3O4/c1-3-5-7-15(8-10(13)16)12(19)14-9(6-4-2)11(17)18/h9H,3-8H2,1-2H3,(H2,13,16)(H,14,19)(H,17,18)/t9-/m0/s1. The molecule has 0 heterocycles. The molecule has 0 fully saturated rings. The number of nitrogens with one attached hydrogen (secondary N) is 1. The van der Waals surface area contributed by atoms with Gasteiger partial charge in [-0.3, -0.25) is 4.79 Å². The molecule has 19 heavy (non-hydrogen) atoms. The molecule has 7 heteroatoms. The summed E-state index contributed by atoms with van der Waals surface area (Å²) >= 11 is 0. The molecule has 0 aliphatic rings. The van der Waals surface area contributed by atoms with Crippen molar-refractivity contribution in [3.63, 3.8) is 0 Å². The van der Waals surface area contributed by atoms with Crippen LogP contribution in [0.3, 0.4) is 0 Å². The molecule has 110 valence electrons. The summed E-state index contributed by atoms with van der Waals surface area (Å²) in [6, 6.07) is -1.50. The minimum Gasteiger partial charge on any atom is -0.480 e. The van der Waals surface area contributed by atoms with Gasteiger partial charge in [-0.15, -0.1) is 0 Å². The highest BCUT2D eigenvalue weighted by Gasteiger charge is 2.22. The number of nitrogens with zero attached hydrogens (tertiary/aromatic N) is 1. The average molecular weight is 273 g/mol. The maximum atomic E-state index is 11.9. The van der Waals surface area contributed by atoms with Crippen LogP contribution in [0.2, 0.25) is 0 Å². The lowest BCUT2D eigenvalue weighted by Gasteiger charge is -2.23. The maximum Gasteiger partial charge on any atom is 0.326 e. The van der Waals surface area contributed by atoms with Gasteiger partial charge in [-0.25, -0.2) is 9.59 Å². The van der Waals surface area contributed by atoms with Crippen LogP contribution in [-0.2, 0) is 9.59 Å². The van der Waals surface area contributed by atoms with Crippen molar-refractivity contribution in [1.29, 1.82) is 0 Å². The van der Waals surface area contributed by atoms with E-state index in [2.05, 4.69) is 5.32 Å². The Labute approximate surface area is 113 Å². The van der Waals surface area contributed by atoms with Crippen molar-refractivity contribution in [3.05, 3.63) is 0 Å². The number of hydrogen-bond donors (Lipinski definition) is 3. The summed E-state index contributed by atoms with van der Waals surface area (Å²) in [5.41, 5.74) is 5.08. The van der Waals surface area contributed by atoms with E-state index in [1.165, 1.54) is 4.90 Å². The molecule has 0 aliphatic heterocycles. The van der Waals surface area contributed by atoms with Gasteiger partial charge in [-0.05, 0) is 12.8 Å². The first-order chi connectivity index (χ1) is 8.92. The van der Waals surface area contributed by atoms with Gasteiger partial charge in [0.2, 0.25) is 5.91 Å². The number of carbonyl (C=O) groups excluding carboxylic acids is 2. The summed E-state index contributed by atoms with van der Waals surface area (Å²) in [6.45, 7) is 3.96. The first-order valence-corrected chi connectivity index (χ1v) is 6.48. The SMILES string of the molecule is CCCCN(CC(N)=O)C(=O)N[C@@H](CCC)C(=O)O. The Morgan fingerprint density at radius 2 is 1.89 bits per heavy atom. The van der Waals surface area contributed by atoms with Gasteiger partial charge in [0.05, 0.1) is 0 Å². The molecule has 0 rings (SSSR count). The van der Waals surface area contributed by atoms with Crippen molar-refractivity contribution in [2.24, 2.45) is 5.73 Å². The van der Waals surface area contributed by atoms with Crippen LogP contribution >= 0.6 is 0 Å². The molecule has 0 aromatic heterocycles. The first kappa shape index (κ1) is 17.2. The Bertz CT molecular complexity index is 320. The van der Waals surface area contributed by atoms with Crippen LogP contribution in [-0.4, -0.2) is 47.0 Å². The van der Waals surface area contributed by atoms with E-state index < -0.39 is 23.9 Å². The number of carboxylic acid groups (broad SMARTS) is 1. The van der Waals surface area contributed by atoms with Crippen LogP contribution in [0.5, 0.6) is 0 Å². The van der Waals surface area contributed by atoms with Crippen molar-refractivity contribution in [1.82, 2.24) is 10.2 Å². The summed E-state index contributed by atoms with van der Waals surface area (Å²) in [5.74, 6) is -1.70. The molecule has 0 radical (unpaired) electrons. The highest BCUT2D eigenvalue weighted by molar-refractivity contribution is 5.86. The molecule has 0 saturated heterocycles. The number of carboxylic acids is 1. The number of amides is 3. The van der Waals surface area contributed by atoms with E-state index in [-0.39, 0.29) is 6.54 Å². The number of hydrogen-bond acceptors (Lipinski definition) is 3. The summed E-state index contributed by atoms with van der Waals surface area (Å²) in [7, 11) is 0. The second-order valence-electron chi connectivity index (χ2n) is 4.37. The van der Waals surface area contributed by atoms with Gasteiger partial charge < -0.3 is 21.1 Å². The summed E-state index contributed by atoms with van der Waals surface area (Å²) in [5, 5.41) is 11.4. The van der Waals surface area contributed by atoms with E-state index in [4.69, 9.17) is 10.8 Å². The smallest absolute Gasteiger partial charge is 0.326 e. The first-order valence-electron chi connectivity index (χ1n) is 6.48. The third-order valence-corrected chi connectivity index (χ3v) is 2.59. The van der Waals surface area contributed by atoms with Gasteiger partial charge in [0.25, 0.3) is 0 Å². The van der Waals surface area contributed by atoms with E-state index in [1.807, 2.05) is 13.8 Å². The van der Waals surface area contributed by atoms with Crippen LogP contribution in [0.15, 0.2) is 0 Å². The van der Waals surface area contributed by atoms with E-state index in [1.54, 1.807) is 0 Å². The Kier molecular flexibility index (Phi) is 8.32. The van der Waals surface area contributed by atoms with Crippen LogP contribution in [0.25, 0.3) is 0 Å². The molecule has 0 aromatic rings. The molecule has 0 bridgehead atoms. The largest absolute Gasteiger partial charge is 0.480 e. The zero-order valence-corrected chi connectivity index (χ0v) is 11.5. The number of aliphatic carboxylic acids is 1. The Hall–Kier alpha value is -1.79. The van der Waals surface area contributed by atoms with E-state index >= 15 is 0 Å². The van der Waals surface area contributed by atoms with Crippen molar-refractivity contribution < 1.29 is 19.5 Å². The molecular weight excluding hydrogens is 250 g/mol. The molecule has 0 aromatic carbocycles. The van der Waals surface area contributed by atoms with Gasteiger partial charge in [0.1, 0.15) is 12.6 Å². The minimum absolute atomic E-state index is 0.204. The van der Waals surface area contributed by atoms with Crippen LogP contribution < -0.4 is 11.1 Å². The molecule has 0 spiro atoms. The third kappa shape index (κ3) is 7.28. The highest BCUT2D eigenvalue weighted by Crippen LogP contribution is 2.01. The number of primary amides is 1. The van der Waals surface area contributed by atoms with Crippen molar-refractivity contribution in [2.75, 3.05) is 13.1 Å². The van der Waals surface area contributed by atoms with Crippen LogP contribution in [0.4, 0.5) is 4.79 Å². The van der Waals surface area contributed by atoms with E-state index in [0.717, 1.165) is 12.8 Å². The van der Waals surface area contributed by atoms with Crippen molar-refractivity contribution in [3.8, 4) is 0 Å². The molecule has 4 N–H and O–H groups in total. The predicted octanol–water partition coefficient (Wildman–Crippen LogP) is 0.537. The Morgan fingerprint density at radius 3 is 2.32 bits per heavy atom. The number of carbonyl (C=O) groups is 3. The summed E-state index contributed by atoms with van der Waals surface area (Å²) in [4.78, 5) is 35.0. The fourth-order valence-electron chi connectivity index (χ4n) is 1.58. The fourth-order valence-corrected chi connectivity index (χ4v) is 1.58. The molecular formula is C12H23N3O4. The summed E-state index contributed by atoms with van der Waals surface area (Å²) in [6.07, 6.45) is 2.58. The minimum atomic E-state index is -1.08. The monoisotopic (exact) mass is 273 g/mol. The molecule has 0 unspecified atom stereocenters. The van der Waals surface area contributed by atoms with Gasteiger partial charge in [0, 0.05) is 6.54 Å². The van der Waals surface area contributed by atoms with E-state index in [9.17, 15) is 14.4 Å². The molecule has 3 amide bonds. The van der Waals surface area contributed by atoms with Crippen LogP contribution in [0, 0.1) is 0 Å². The van der Waals surface area contributed by atoms with Crippen molar-refractivity contribution in [2.45, 2.75) is 45.6 Å². The van der Waals surface area contributed by atoms with Gasteiger partial charge in [-0.1, -0.05) is 26.7 Å². The number of rotatable bonds is 9. The predicted molar refractivity (Wildman–Crippen MR) is 70.5 cm³/mol. The van der Waals surface area contributed by atoms with Gasteiger partial charge >= 0.3 is 12.0 Å². The van der Waals surface area contributed by atoms with E-state index in [0.29, 0.717) is 19.4 Å². The quantitative estimate of drug-likeness (QED) is 0.569. The zero-order valence-electron chi connectivity index (χ0n) is 11.5. The Balaban J connectivity index is 4.58. The lowest BCUT2D eigenvalue weighted by Crippen LogP contribution is -2.50. The zero-order chi connectivity index (χ0) is 14.8. The average Bonchev–Trinajstić information content (AvgIpc) is 2.33. The van der Waals surface area contributed by atoms with Gasteiger partial charge in [0.15, 0.2) is 0 Å². The molecule has 0 aliphatic carbocycles.